The summed E-state index contributed by atoms with van der Waals surface area (Å²) in [6.45, 7) is -0.0649. The number of halogens is 4. The van der Waals surface area contributed by atoms with Crippen LogP contribution in [0.2, 0.25) is 5.02 Å². The summed E-state index contributed by atoms with van der Waals surface area (Å²) >= 11 is 5.89. The summed E-state index contributed by atoms with van der Waals surface area (Å²) in [6, 6.07) is 6.03. The average Bonchev–Trinajstić information content (AvgIpc) is 2.96. The molecular weight excluding hydrogens is 375 g/mol. The Bertz CT molecular complexity index is 807. The molecular formula is C15H15ClF3N5O2. The number of aromatic nitrogens is 2. The highest BCUT2D eigenvalue weighted by atomic mass is 35.5. The number of anilines is 1. The van der Waals surface area contributed by atoms with Gasteiger partial charge in [-0.2, -0.15) is 18.3 Å². The number of para-hydroxylation sites is 1. The Morgan fingerprint density at radius 2 is 1.85 bits per heavy atom. The summed E-state index contributed by atoms with van der Waals surface area (Å²) in [5.41, 5.74) is -1.44. The number of amides is 3. The minimum absolute atomic E-state index is 0.00361. The molecule has 26 heavy (non-hydrogen) atoms. The van der Waals surface area contributed by atoms with Crippen LogP contribution in [-0.4, -0.2) is 34.8 Å². The van der Waals surface area contributed by atoms with Crippen LogP contribution in [0.1, 0.15) is 16.1 Å². The maximum Gasteiger partial charge on any atom is 0.435 e. The molecule has 1 aromatic carbocycles. The number of carbonyl (C=O) groups excluding carboxylic acids is 2. The van der Waals surface area contributed by atoms with E-state index in [-0.39, 0.29) is 13.1 Å². The van der Waals surface area contributed by atoms with Crippen molar-refractivity contribution >= 4 is 29.2 Å². The largest absolute Gasteiger partial charge is 0.435 e. The third kappa shape index (κ3) is 5.12. The quantitative estimate of drug-likeness (QED) is 0.687. The van der Waals surface area contributed by atoms with E-state index in [2.05, 4.69) is 21.0 Å². The van der Waals surface area contributed by atoms with Gasteiger partial charge in [-0.3, -0.25) is 9.48 Å². The van der Waals surface area contributed by atoms with E-state index in [0.29, 0.717) is 10.7 Å². The van der Waals surface area contributed by atoms with E-state index in [1.807, 2.05) is 0 Å². The lowest BCUT2D eigenvalue weighted by Gasteiger charge is -2.10. The van der Waals surface area contributed by atoms with Gasteiger partial charge in [0.25, 0.3) is 5.91 Å². The number of carbonyl (C=O) groups is 2. The molecule has 11 heteroatoms. The second kappa shape index (κ2) is 8.09. The lowest BCUT2D eigenvalue weighted by Crippen LogP contribution is -2.37. The number of rotatable bonds is 5. The highest BCUT2D eigenvalue weighted by Crippen LogP contribution is 2.30. The Kier molecular flexibility index (Phi) is 6.09. The van der Waals surface area contributed by atoms with Crippen LogP contribution in [0.25, 0.3) is 0 Å². The van der Waals surface area contributed by atoms with E-state index < -0.39 is 29.4 Å². The molecule has 0 unspecified atom stereocenters. The zero-order valence-corrected chi connectivity index (χ0v) is 14.3. The molecule has 0 saturated carbocycles. The summed E-state index contributed by atoms with van der Waals surface area (Å²) in [6.07, 6.45) is -3.75. The molecule has 2 rings (SSSR count). The lowest BCUT2D eigenvalue weighted by atomic mass is 10.2. The molecule has 0 aliphatic rings. The van der Waals surface area contributed by atoms with Crippen LogP contribution in [0.3, 0.4) is 0 Å². The minimum atomic E-state index is -4.74. The van der Waals surface area contributed by atoms with Crippen LogP contribution in [0, 0.1) is 0 Å². The Morgan fingerprint density at radius 3 is 2.50 bits per heavy atom. The van der Waals surface area contributed by atoms with Crippen molar-refractivity contribution in [2.24, 2.45) is 7.05 Å². The molecule has 140 valence electrons. The average molecular weight is 390 g/mol. The van der Waals surface area contributed by atoms with Gasteiger partial charge in [0, 0.05) is 26.3 Å². The van der Waals surface area contributed by atoms with Crippen molar-refractivity contribution in [2.75, 3.05) is 18.4 Å². The number of nitrogens with zero attached hydrogens (tertiary/aromatic N) is 2. The molecule has 0 spiro atoms. The maximum atomic E-state index is 12.8. The third-order valence-electron chi connectivity index (χ3n) is 3.16. The molecule has 1 heterocycles. The van der Waals surface area contributed by atoms with E-state index in [0.717, 1.165) is 10.9 Å². The zero-order valence-electron chi connectivity index (χ0n) is 13.5. The van der Waals surface area contributed by atoms with E-state index in [9.17, 15) is 22.8 Å². The van der Waals surface area contributed by atoms with Crippen molar-refractivity contribution in [3.05, 3.63) is 46.7 Å². The summed E-state index contributed by atoms with van der Waals surface area (Å²) in [7, 11) is 1.28. The molecule has 0 radical (unpaired) electrons. The predicted octanol–water partition coefficient (Wildman–Crippen LogP) is 2.64. The molecule has 7 nitrogen and oxygen atoms in total. The fraction of sp³-hybridized carbons (Fsp3) is 0.267. The van der Waals surface area contributed by atoms with E-state index in [1.54, 1.807) is 24.3 Å². The molecule has 2 aromatic rings. The van der Waals surface area contributed by atoms with Gasteiger partial charge in [0.05, 0.1) is 16.3 Å². The number of hydrogen-bond donors (Lipinski definition) is 3. The second-order valence-corrected chi connectivity index (χ2v) is 5.59. The highest BCUT2D eigenvalue weighted by Gasteiger charge is 2.38. The van der Waals surface area contributed by atoms with Gasteiger partial charge in [-0.15, -0.1) is 0 Å². The van der Waals surface area contributed by atoms with Crippen LogP contribution in [0.5, 0.6) is 0 Å². The van der Waals surface area contributed by atoms with Crippen LogP contribution < -0.4 is 16.0 Å². The van der Waals surface area contributed by atoms with Gasteiger partial charge in [-0.25, -0.2) is 4.79 Å². The molecule has 0 aliphatic carbocycles. The van der Waals surface area contributed by atoms with Crippen LogP contribution in [-0.2, 0) is 13.2 Å². The zero-order chi connectivity index (χ0) is 19.3. The van der Waals surface area contributed by atoms with E-state index in [1.165, 1.54) is 7.05 Å². The maximum absolute atomic E-state index is 12.8. The lowest BCUT2D eigenvalue weighted by molar-refractivity contribution is -0.141. The van der Waals surface area contributed by atoms with Gasteiger partial charge in [0.15, 0.2) is 5.69 Å². The molecule has 0 saturated heterocycles. The van der Waals surface area contributed by atoms with Gasteiger partial charge >= 0.3 is 12.2 Å². The first-order valence-corrected chi connectivity index (χ1v) is 7.74. The van der Waals surface area contributed by atoms with Crippen molar-refractivity contribution in [3.8, 4) is 0 Å². The molecule has 3 amide bonds. The first-order chi connectivity index (χ1) is 12.2. The number of urea groups is 1. The Balaban J connectivity index is 1.82. The number of aryl methyl sites for hydroxylation is 1. The minimum Gasteiger partial charge on any atom is -0.350 e. The van der Waals surface area contributed by atoms with Crippen LogP contribution >= 0.6 is 11.6 Å². The van der Waals surface area contributed by atoms with Crippen molar-refractivity contribution in [1.29, 1.82) is 0 Å². The summed E-state index contributed by atoms with van der Waals surface area (Å²) in [4.78, 5) is 23.6. The molecule has 1 aromatic heterocycles. The van der Waals surface area contributed by atoms with Gasteiger partial charge in [-0.05, 0) is 12.1 Å². The van der Waals surface area contributed by atoms with E-state index in [4.69, 9.17) is 11.6 Å². The van der Waals surface area contributed by atoms with Crippen LogP contribution in [0.4, 0.5) is 23.7 Å². The van der Waals surface area contributed by atoms with Crippen molar-refractivity contribution in [3.63, 3.8) is 0 Å². The molecule has 0 atom stereocenters. The third-order valence-corrected chi connectivity index (χ3v) is 3.49. The summed E-state index contributed by atoms with van der Waals surface area (Å²) in [5, 5.41) is 10.9. The van der Waals surface area contributed by atoms with Crippen LogP contribution in [0.15, 0.2) is 30.5 Å². The fourth-order valence-electron chi connectivity index (χ4n) is 2.04. The molecule has 0 bridgehead atoms. The van der Waals surface area contributed by atoms with Crippen molar-refractivity contribution in [2.45, 2.75) is 6.18 Å². The standard InChI is InChI=1S/C15H15ClF3N5O2/c1-24-8-9(12(23-24)15(17,18)19)13(25)20-6-7-21-14(26)22-11-5-3-2-4-10(11)16/h2-5,8H,6-7H2,1H3,(H,20,25)(H2,21,22,26). The first-order valence-electron chi connectivity index (χ1n) is 7.37. The monoisotopic (exact) mass is 389 g/mol. The molecule has 0 fully saturated rings. The van der Waals surface area contributed by atoms with Gasteiger partial charge in [0.1, 0.15) is 0 Å². The van der Waals surface area contributed by atoms with Crippen molar-refractivity contribution in [1.82, 2.24) is 20.4 Å². The number of alkyl halides is 3. The van der Waals surface area contributed by atoms with Gasteiger partial charge in [0.2, 0.25) is 0 Å². The topological polar surface area (TPSA) is 88.0 Å². The van der Waals surface area contributed by atoms with Gasteiger partial charge in [-0.1, -0.05) is 23.7 Å². The fourth-order valence-corrected chi connectivity index (χ4v) is 2.22. The number of benzene rings is 1. The van der Waals surface area contributed by atoms with Crippen molar-refractivity contribution < 1.29 is 22.8 Å². The second-order valence-electron chi connectivity index (χ2n) is 5.18. The molecule has 3 N–H and O–H groups in total. The summed E-state index contributed by atoms with van der Waals surface area (Å²) in [5.74, 6) is -0.932. The Hall–Kier alpha value is -2.75. The Labute approximate surface area is 151 Å². The normalized spacial score (nSPS) is 11.1. The SMILES string of the molecule is Cn1cc(C(=O)NCCNC(=O)Nc2ccccc2Cl)c(C(F)(F)F)n1. The van der Waals surface area contributed by atoms with E-state index >= 15 is 0 Å². The first kappa shape index (κ1) is 19.6. The summed E-state index contributed by atoms with van der Waals surface area (Å²) < 4.78 is 39.4. The predicted molar refractivity (Wildman–Crippen MR) is 89.0 cm³/mol. The number of nitrogens with one attached hydrogen (secondary N) is 3. The smallest absolute Gasteiger partial charge is 0.350 e. The van der Waals surface area contributed by atoms with Gasteiger partial charge < -0.3 is 16.0 Å². The Morgan fingerprint density at radius 1 is 1.19 bits per heavy atom. The molecule has 0 aliphatic heterocycles. The highest BCUT2D eigenvalue weighted by molar-refractivity contribution is 6.33. The number of hydrogen-bond acceptors (Lipinski definition) is 3.